The molecule has 4 rings (SSSR count). The van der Waals surface area contributed by atoms with Crippen LogP contribution in [-0.2, 0) is 9.53 Å². The number of alkyl halides is 2. The van der Waals surface area contributed by atoms with Crippen molar-refractivity contribution in [1.29, 1.82) is 0 Å². The lowest BCUT2D eigenvalue weighted by molar-refractivity contribution is -0.115. The predicted octanol–water partition coefficient (Wildman–Crippen LogP) is 4.13. The Hall–Kier alpha value is -3.18. The van der Waals surface area contributed by atoms with Gasteiger partial charge in [-0.15, -0.1) is 10.2 Å². The van der Waals surface area contributed by atoms with E-state index in [2.05, 4.69) is 25.2 Å². The molecule has 0 radical (unpaired) electrons. The number of thioether (sulfide) groups is 1. The molecule has 1 amide bonds. The van der Waals surface area contributed by atoms with Gasteiger partial charge in [0, 0.05) is 18.8 Å². The van der Waals surface area contributed by atoms with E-state index in [1.807, 2.05) is 35.8 Å². The number of ether oxygens (including phenoxy) is 2. The molecule has 0 spiro atoms. The van der Waals surface area contributed by atoms with Crippen LogP contribution in [0.1, 0.15) is 12.5 Å². The smallest absolute Gasteiger partial charge is 0.387 e. The molecule has 0 saturated carbocycles. The number of nitrogens with one attached hydrogen (secondary N) is 1. The minimum atomic E-state index is -2.90. The van der Waals surface area contributed by atoms with Crippen LogP contribution in [0.15, 0.2) is 53.7 Å². The molecule has 1 N–H and O–H groups in total. The van der Waals surface area contributed by atoms with E-state index in [0.717, 1.165) is 11.3 Å². The van der Waals surface area contributed by atoms with Crippen LogP contribution in [0.2, 0.25) is 0 Å². The monoisotopic (exact) mass is 489 g/mol. The van der Waals surface area contributed by atoms with Gasteiger partial charge in [-0.3, -0.25) is 9.36 Å². The van der Waals surface area contributed by atoms with Crippen molar-refractivity contribution in [3.8, 4) is 11.4 Å². The van der Waals surface area contributed by atoms with Gasteiger partial charge in [0.05, 0.1) is 24.2 Å². The first-order valence-electron chi connectivity index (χ1n) is 10.8. The minimum absolute atomic E-state index is 0.0254. The average Bonchev–Trinajstić information content (AvgIpc) is 3.24. The number of halogens is 2. The van der Waals surface area contributed by atoms with Gasteiger partial charge in [-0.2, -0.15) is 8.78 Å². The predicted molar refractivity (Wildman–Crippen MR) is 126 cm³/mol. The van der Waals surface area contributed by atoms with Crippen LogP contribution < -0.4 is 15.0 Å². The molecule has 1 aromatic heterocycles. The molecular weight excluding hydrogens is 464 g/mol. The summed E-state index contributed by atoms with van der Waals surface area (Å²) in [5, 5.41) is 11.7. The molecule has 3 aromatic rings. The number of carbonyl (C=O) groups excluding carboxylic acids is 1. The second-order valence-corrected chi connectivity index (χ2v) is 8.96. The summed E-state index contributed by atoms with van der Waals surface area (Å²) in [7, 11) is 0. The highest BCUT2D eigenvalue weighted by atomic mass is 32.2. The van der Waals surface area contributed by atoms with Gasteiger partial charge in [-0.25, -0.2) is 0 Å². The summed E-state index contributed by atoms with van der Waals surface area (Å²) < 4.78 is 36.4. The molecular formula is C23H25F2N5O3S. The van der Waals surface area contributed by atoms with Gasteiger partial charge in [0.1, 0.15) is 5.75 Å². The van der Waals surface area contributed by atoms with Gasteiger partial charge in [0.15, 0.2) is 5.16 Å². The first-order chi connectivity index (χ1) is 16.4. The molecule has 1 fully saturated rings. The molecule has 11 heteroatoms. The van der Waals surface area contributed by atoms with E-state index in [-0.39, 0.29) is 11.7 Å². The Morgan fingerprint density at radius 2 is 1.82 bits per heavy atom. The average molecular weight is 490 g/mol. The van der Waals surface area contributed by atoms with E-state index in [0.29, 0.717) is 43.1 Å². The fraction of sp³-hybridized carbons (Fsp3) is 0.348. The van der Waals surface area contributed by atoms with Crippen molar-refractivity contribution in [3.05, 3.63) is 54.1 Å². The summed E-state index contributed by atoms with van der Waals surface area (Å²) in [5.74, 6) is 0.486. The molecule has 180 valence electrons. The molecule has 0 aliphatic carbocycles. The summed E-state index contributed by atoms with van der Waals surface area (Å²) >= 11 is 1.29. The van der Waals surface area contributed by atoms with E-state index in [1.54, 1.807) is 6.92 Å². The number of morpholine rings is 1. The first-order valence-corrected chi connectivity index (χ1v) is 11.7. The number of hydrogen-bond acceptors (Lipinski definition) is 7. The molecule has 2 aromatic carbocycles. The Bertz CT molecular complexity index is 1120. The highest BCUT2D eigenvalue weighted by Crippen LogP contribution is 2.31. The normalized spacial score (nSPS) is 14.8. The van der Waals surface area contributed by atoms with Crippen molar-refractivity contribution in [1.82, 2.24) is 14.8 Å². The van der Waals surface area contributed by atoms with Crippen molar-refractivity contribution in [2.75, 3.05) is 36.5 Å². The highest BCUT2D eigenvalue weighted by molar-refractivity contribution is 8.00. The lowest BCUT2D eigenvalue weighted by Gasteiger charge is -2.28. The summed E-state index contributed by atoms with van der Waals surface area (Å²) in [6.07, 6.45) is 0. The molecule has 1 saturated heterocycles. The Morgan fingerprint density at radius 1 is 1.12 bits per heavy atom. The fourth-order valence-electron chi connectivity index (χ4n) is 3.51. The Labute approximate surface area is 200 Å². The van der Waals surface area contributed by atoms with Gasteiger partial charge in [-0.05, 0) is 49.7 Å². The Morgan fingerprint density at radius 3 is 2.50 bits per heavy atom. The maximum atomic E-state index is 12.8. The maximum Gasteiger partial charge on any atom is 0.387 e. The topological polar surface area (TPSA) is 81.5 Å². The summed E-state index contributed by atoms with van der Waals surface area (Å²) in [6.45, 7) is 3.53. The molecule has 0 bridgehead atoms. The van der Waals surface area contributed by atoms with E-state index in [1.165, 1.54) is 36.0 Å². The standard InChI is InChI=1S/C23H25F2N5O3S/c1-15-5-3-4-6-19(15)30-22(29-11-13-32-14-12-29)27-28-23(30)34-16(2)20(31)26-17-7-9-18(10-8-17)33-21(24)25/h3-10,16,21H,11-14H2,1-2H3,(H,26,31). The number of anilines is 2. The second-order valence-electron chi connectivity index (χ2n) is 7.66. The lowest BCUT2D eigenvalue weighted by Crippen LogP contribution is -2.38. The van der Waals surface area contributed by atoms with Gasteiger partial charge in [0.2, 0.25) is 11.9 Å². The molecule has 34 heavy (non-hydrogen) atoms. The number of aromatic nitrogens is 3. The van der Waals surface area contributed by atoms with Crippen molar-refractivity contribution in [2.45, 2.75) is 30.9 Å². The number of benzene rings is 2. The zero-order valence-electron chi connectivity index (χ0n) is 18.8. The third-order valence-electron chi connectivity index (χ3n) is 5.26. The maximum absolute atomic E-state index is 12.8. The van der Waals surface area contributed by atoms with Crippen LogP contribution in [0.3, 0.4) is 0 Å². The van der Waals surface area contributed by atoms with Crippen LogP contribution in [0.5, 0.6) is 5.75 Å². The molecule has 1 aliphatic heterocycles. The van der Waals surface area contributed by atoms with Crippen molar-refractivity contribution >= 4 is 29.3 Å². The van der Waals surface area contributed by atoms with E-state index in [9.17, 15) is 13.6 Å². The number of nitrogens with zero attached hydrogens (tertiary/aromatic N) is 4. The summed E-state index contributed by atoms with van der Waals surface area (Å²) in [5.41, 5.74) is 2.48. The first kappa shape index (κ1) is 24.0. The fourth-order valence-corrected chi connectivity index (χ4v) is 4.36. The van der Waals surface area contributed by atoms with Crippen LogP contribution in [0, 0.1) is 6.92 Å². The van der Waals surface area contributed by atoms with Crippen LogP contribution in [0.25, 0.3) is 5.69 Å². The van der Waals surface area contributed by atoms with Crippen molar-refractivity contribution in [3.63, 3.8) is 0 Å². The number of rotatable bonds is 8. The van der Waals surface area contributed by atoms with Crippen molar-refractivity contribution < 1.29 is 23.0 Å². The third kappa shape index (κ3) is 5.65. The van der Waals surface area contributed by atoms with E-state index < -0.39 is 11.9 Å². The van der Waals surface area contributed by atoms with Crippen LogP contribution >= 0.6 is 11.8 Å². The highest BCUT2D eigenvalue weighted by Gasteiger charge is 2.25. The summed E-state index contributed by atoms with van der Waals surface area (Å²) in [4.78, 5) is 15.0. The van der Waals surface area contributed by atoms with E-state index >= 15 is 0 Å². The molecule has 1 atom stereocenters. The molecule has 1 unspecified atom stereocenters. The zero-order valence-corrected chi connectivity index (χ0v) is 19.6. The molecule has 1 aliphatic rings. The zero-order chi connectivity index (χ0) is 24.1. The molecule has 2 heterocycles. The number of aryl methyl sites for hydroxylation is 1. The quantitative estimate of drug-likeness (QED) is 0.477. The second kappa shape index (κ2) is 10.8. The van der Waals surface area contributed by atoms with Crippen molar-refractivity contribution in [2.24, 2.45) is 0 Å². The summed E-state index contributed by atoms with van der Waals surface area (Å²) in [6, 6.07) is 13.7. The number of para-hydroxylation sites is 1. The third-order valence-corrected chi connectivity index (χ3v) is 6.31. The van der Waals surface area contributed by atoms with Gasteiger partial charge in [0.25, 0.3) is 0 Å². The number of amides is 1. The van der Waals surface area contributed by atoms with Crippen LogP contribution in [0.4, 0.5) is 20.4 Å². The van der Waals surface area contributed by atoms with Gasteiger partial charge < -0.3 is 19.7 Å². The SMILES string of the molecule is Cc1ccccc1-n1c(SC(C)C(=O)Nc2ccc(OC(F)F)cc2)nnc1N1CCOCC1. The number of hydrogen-bond donors (Lipinski definition) is 1. The van der Waals surface area contributed by atoms with Crippen LogP contribution in [-0.4, -0.2) is 58.8 Å². The van der Waals surface area contributed by atoms with Gasteiger partial charge >= 0.3 is 6.61 Å². The minimum Gasteiger partial charge on any atom is -0.435 e. The lowest BCUT2D eigenvalue weighted by atomic mass is 10.2. The Balaban J connectivity index is 1.53. The number of carbonyl (C=O) groups is 1. The Kier molecular flexibility index (Phi) is 7.63. The largest absolute Gasteiger partial charge is 0.435 e. The van der Waals surface area contributed by atoms with Gasteiger partial charge in [-0.1, -0.05) is 30.0 Å². The molecule has 8 nitrogen and oxygen atoms in total. The van der Waals surface area contributed by atoms with E-state index in [4.69, 9.17) is 4.74 Å².